The van der Waals surface area contributed by atoms with Gasteiger partial charge in [-0.1, -0.05) is 29.3 Å². The van der Waals surface area contributed by atoms with Gasteiger partial charge in [0.05, 0.1) is 18.1 Å². The Labute approximate surface area is 159 Å². The number of hydrogen-bond donors (Lipinski definition) is 1. The molecule has 0 aliphatic carbocycles. The molecule has 0 spiro atoms. The second-order valence-corrected chi connectivity index (χ2v) is 6.47. The summed E-state index contributed by atoms with van der Waals surface area (Å²) >= 11 is 12.3. The summed E-state index contributed by atoms with van der Waals surface area (Å²) in [5, 5.41) is 0.682. The summed E-state index contributed by atoms with van der Waals surface area (Å²) in [7, 11) is 0. The molecule has 1 aromatic heterocycles. The van der Waals surface area contributed by atoms with Crippen LogP contribution in [0.3, 0.4) is 0 Å². The third kappa shape index (κ3) is 3.18. The molecule has 0 saturated carbocycles. The summed E-state index contributed by atoms with van der Waals surface area (Å²) in [5.74, 6) is -1.20. The van der Waals surface area contributed by atoms with Crippen molar-refractivity contribution >= 4 is 29.2 Å². The molecule has 0 amide bonds. The third-order valence-electron chi connectivity index (χ3n) is 3.90. The maximum absolute atomic E-state index is 12.5. The first-order chi connectivity index (χ1) is 12.3. The lowest BCUT2D eigenvalue weighted by atomic mass is 9.83. The molecule has 1 aliphatic rings. The van der Waals surface area contributed by atoms with E-state index in [0.717, 1.165) is 0 Å². The van der Waals surface area contributed by atoms with Gasteiger partial charge in [0.15, 0.2) is 0 Å². The number of benzene rings is 1. The van der Waals surface area contributed by atoms with Crippen LogP contribution in [0.1, 0.15) is 29.7 Å². The van der Waals surface area contributed by atoms with Crippen molar-refractivity contribution in [3.8, 4) is 5.75 Å². The van der Waals surface area contributed by atoms with E-state index in [2.05, 4.69) is 0 Å². The van der Waals surface area contributed by atoms with Crippen LogP contribution in [-0.2, 0) is 9.53 Å². The molecule has 6 nitrogen and oxygen atoms in total. The standard InChI is InChI=1S/C18H15Cl2NO5/c1-3-24-17(22)15-13(10-5-4-9(19)7-11(10)20)14-12(26-16(15)21)6-8(2)25-18(14)23/h4-7,13H,3,21H2,1-2H3/t13-/m0/s1. The van der Waals surface area contributed by atoms with Crippen LogP contribution >= 0.6 is 23.2 Å². The average molecular weight is 396 g/mol. The lowest BCUT2D eigenvalue weighted by Gasteiger charge is -2.27. The van der Waals surface area contributed by atoms with Crippen molar-refractivity contribution in [1.29, 1.82) is 0 Å². The van der Waals surface area contributed by atoms with Gasteiger partial charge in [0.25, 0.3) is 0 Å². The topological polar surface area (TPSA) is 91.8 Å². The minimum absolute atomic E-state index is 0.0141. The molecule has 1 aromatic carbocycles. The summed E-state index contributed by atoms with van der Waals surface area (Å²) in [6.45, 7) is 3.40. The molecule has 3 rings (SSSR count). The van der Waals surface area contributed by atoms with E-state index in [4.69, 9.17) is 42.8 Å². The van der Waals surface area contributed by atoms with Crippen molar-refractivity contribution in [2.24, 2.45) is 5.73 Å². The summed E-state index contributed by atoms with van der Waals surface area (Å²) in [4.78, 5) is 25.1. The Balaban J connectivity index is 2.31. The van der Waals surface area contributed by atoms with Crippen molar-refractivity contribution in [3.05, 3.63) is 73.1 Å². The number of nitrogens with two attached hydrogens (primary N) is 1. The van der Waals surface area contributed by atoms with Gasteiger partial charge >= 0.3 is 11.6 Å². The van der Waals surface area contributed by atoms with Gasteiger partial charge in [-0.3, -0.25) is 0 Å². The number of ether oxygens (including phenoxy) is 2. The molecule has 2 heterocycles. The van der Waals surface area contributed by atoms with E-state index in [1.165, 1.54) is 12.1 Å². The number of carbonyl (C=O) groups excluding carboxylic acids is 1. The van der Waals surface area contributed by atoms with Gasteiger partial charge in [-0.05, 0) is 31.5 Å². The van der Waals surface area contributed by atoms with Gasteiger partial charge in [-0.25, -0.2) is 9.59 Å². The van der Waals surface area contributed by atoms with Crippen LogP contribution < -0.4 is 16.1 Å². The first-order valence-corrected chi connectivity index (χ1v) is 8.53. The van der Waals surface area contributed by atoms with Crippen LogP contribution in [-0.4, -0.2) is 12.6 Å². The quantitative estimate of drug-likeness (QED) is 0.799. The number of carbonyl (C=O) groups is 1. The van der Waals surface area contributed by atoms with Gasteiger partial charge in [0, 0.05) is 16.1 Å². The Morgan fingerprint density at radius 2 is 2.04 bits per heavy atom. The van der Waals surface area contributed by atoms with Gasteiger partial charge < -0.3 is 19.6 Å². The smallest absolute Gasteiger partial charge is 0.343 e. The molecular weight excluding hydrogens is 381 g/mol. The van der Waals surface area contributed by atoms with Crippen LogP contribution in [0.2, 0.25) is 10.0 Å². The normalized spacial score (nSPS) is 16.1. The fourth-order valence-electron chi connectivity index (χ4n) is 2.87. The summed E-state index contributed by atoms with van der Waals surface area (Å²) in [6.07, 6.45) is 0. The summed E-state index contributed by atoms with van der Waals surface area (Å²) in [5.41, 5.74) is 5.91. The Kier molecular flexibility index (Phi) is 4.98. The zero-order valence-corrected chi connectivity index (χ0v) is 15.5. The number of halogens is 2. The molecule has 26 heavy (non-hydrogen) atoms. The largest absolute Gasteiger partial charge is 0.462 e. The van der Waals surface area contributed by atoms with Crippen LogP contribution in [0.5, 0.6) is 5.75 Å². The van der Waals surface area contributed by atoms with Gasteiger partial charge in [0.2, 0.25) is 5.88 Å². The Bertz CT molecular complexity index is 980. The number of rotatable bonds is 3. The maximum atomic E-state index is 12.5. The zero-order chi connectivity index (χ0) is 19.0. The van der Waals surface area contributed by atoms with Crippen LogP contribution in [0.15, 0.2) is 44.9 Å². The molecule has 0 unspecified atom stereocenters. The predicted molar refractivity (Wildman–Crippen MR) is 96.5 cm³/mol. The molecule has 2 N–H and O–H groups in total. The highest BCUT2D eigenvalue weighted by Gasteiger charge is 2.39. The average Bonchev–Trinajstić information content (AvgIpc) is 2.53. The van der Waals surface area contributed by atoms with E-state index in [0.29, 0.717) is 16.3 Å². The highest BCUT2D eigenvalue weighted by Crippen LogP contribution is 2.43. The molecule has 8 heteroatoms. The minimum Gasteiger partial charge on any atom is -0.462 e. The van der Waals surface area contributed by atoms with E-state index in [1.807, 2.05) is 0 Å². The molecule has 136 valence electrons. The summed E-state index contributed by atoms with van der Waals surface area (Å²) < 4.78 is 15.8. The second kappa shape index (κ2) is 7.05. The monoisotopic (exact) mass is 395 g/mol. The molecule has 1 atom stereocenters. The van der Waals surface area contributed by atoms with E-state index in [9.17, 15) is 9.59 Å². The third-order valence-corrected chi connectivity index (χ3v) is 4.47. The summed E-state index contributed by atoms with van der Waals surface area (Å²) in [6, 6.07) is 6.27. The number of esters is 1. The fraction of sp³-hybridized carbons (Fsp3) is 0.222. The van der Waals surface area contributed by atoms with Gasteiger partial charge in [0.1, 0.15) is 17.1 Å². The lowest BCUT2D eigenvalue weighted by molar-refractivity contribution is -0.139. The van der Waals surface area contributed by atoms with E-state index >= 15 is 0 Å². The van der Waals surface area contributed by atoms with Crippen molar-refractivity contribution in [3.63, 3.8) is 0 Å². The first kappa shape index (κ1) is 18.4. The fourth-order valence-corrected chi connectivity index (χ4v) is 3.39. The Hall–Kier alpha value is -2.44. The number of fused-ring (bicyclic) bond motifs is 1. The molecule has 2 aromatic rings. The van der Waals surface area contributed by atoms with E-state index in [1.54, 1.807) is 26.0 Å². The van der Waals surface area contributed by atoms with Gasteiger partial charge in [-0.2, -0.15) is 0 Å². The van der Waals surface area contributed by atoms with Crippen LogP contribution in [0.4, 0.5) is 0 Å². The second-order valence-electron chi connectivity index (χ2n) is 5.62. The van der Waals surface area contributed by atoms with E-state index < -0.39 is 17.5 Å². The molecule has 1 aliphatic heterocycles. The van der Waals surface area contributed by atoms with Crippen molar-refractivity contribution in [2.45, 2.75) is 19.8 Å². The molecular formula is C18H15Cl2NO5. The number of aryl methyl sites for hydroxylation is 1. The molecule has 0 bridgehead atoms. The minimum atomic E-state index is -0.903. The zero-order valence-electron chi connectivity index (χ0n) is 14.0. The maximum Gasteiger partial charge on any atom is 0.343 e. The van der Waals surface area contributed by atoms with Crippen LogP contribution in [0.25, 0.3) is 0 Å². The Morgan fingerprint density at radius 1 is 1.31 bits per heavy atom. The highest BCUT2D eigenvalue weighted by molar-refractivity contribution is 6.35. The SMILES string of the molecule is CCOC(=O)C1=C(N)Oc2cc(C)oc(=O)c2[C@@H]1c1ccc(Cl)cc1Cl. The van der Waals surface area contributed by atoms with Crippen LogP contribution in [0, 0.1) is 6.92 Å². The predicted octanol–water partition coefficient (Wildman–Crippen LogP) is 3.51. The molecule has 0 saturated heterocycles. The van der Waals surface area contributed by atoms with Crippen molar-refractivity contribution in [2.75, 3.05) is 6.61 Å². The molecule has 0 fully saturated rings. The lowest BCUT2D eigenvalue weighted by Crippen LogP contribution is -2.31. The van der Waals surface area contributed by atoms with Crippen molar-refractivity contribution in [1.82, 2.24) is 0 Å². The number of hydrogen-bond acceptors (Lipinski definition) is 6. The molecule has 0 radical (unpaired) electrons. The first-order valence-electron chi connectivity index (χ1n) is 7.77. The van der Waals surface area contributed by atoms with Gasteiger partial charge in [-0.15, -0.1) is 0 Å². The van der Waals surface area contributed by atoms with E-state index in [-0.39, 0.29) is 34.4 Å². The Morgan fingerprint density at radius 3 is 2.69 bits per heavy atom. The highest BCUT2D eigenvalue weighted by atomic mass is 35.5. The van der Waals surface area contributed by atoms with Crippen molar-refractivity contribution < 1.29 is 18.7 Å².